The van der Waals surface area contributed by atoms with E-state index in [4.69, 9.17) is 4.74 Å². The van der Waals surface area contributed by atoms with Gasteiger partial charge in [-0.15, -0.1) is 0 Å². The highest BCUT2D eigenvalue weighted by Gasteiger charge is 2.18. The van der Waals surface area contributed by atoms with Gasteiger partial charge in [-0.05, 0) is 35.4 Å². The molecule has 0 aliphatic heterocycles. The summed E-state index contributed by atoms with van der Waals surface area (Å²) < 4.78 is 5.43. The van der Waals surface area contributed by atoms with Crippen LogP contribution in [0.4, 0.5) is 0 Å². The molecule has 1 aromatic carbocycles. The molecule has 0 aromatic heterocycles. The van der Waals surface area contributed by atoms with E-state index in [0.717, 1.165) is 5.75 Å². The Labute approximate surface area is 99.8 Å². The summed E-state index contributed by atoms with van der Waals surface area (Å²) in [7, 11) is 1.75. The fraction of sp³-hybridized carbons (Fsp3) is 0.600. The highest BCUT2D eigenvalue weighted by Crippen LogP contribution is 2.32. The fourth-order valence-electron chi connectivity index (χ4n) is 1.88. The molecule has 0 radical (unpaired) electrons. The predicted molar refractivity (Wildman–Crippen MR) is 70.3 cm³/mol. The van der Waals surface area contributed by atoms with Gasteiger partial charge in [-0.25, -0.2) is 0 Å². The average molecular weight is 220 g/mol. The molecular weight excluding hydrogens is 196 g/mol. The van der Waals surface area contributed by atoms with Gasteiger partial charge in [-0.1, -0.05) is 46.2 Å². The van der Waals surface area contributed by atoms with Crippen molar-refractivity contribution < 1.29 is 4.74 Å². The summed E-state index contributed by atoms with van der Waals surface area (Å²) >= 11 is 0. The number of hydrogen-bond donors (Lipinski definition) is 0. The van der Waals surface area contributed by atoms with Gasteiger partial charge in [0.05, 0.1) is 7.11 Å². The Kier molecular flexibility index (Phi) is 4.40. The van der Waals surface area contributed by atoms with E-state index in [1.807, 2.05) is 0 Å². The van der Waals surface area contributed by atoms with E-state index < -0.39 is 0 Å². The Morgan fingerprint density at radius 1 is 1.19 bits per heavy atom. The molecule has 1 nitrogen and oxygen atoms in total. The quantitative estimate of drug-likeness (QED) is 0.733. The van der Waals surface area contributed by atoms with Crippen molar-refractivity contribution in [2.45, 2.75) is 52.4 Å². The highest BCUT2D eigenvalue weighted by atomic mass is 16.5. The van der Waals surface area contributed by atoms with Crippen molar-refractivity contribution in [3.8, 4) is 5.75 Å². The first-order valence-corrected chi connectivity index (χ1v) is 6.16. The molecule has 0 saturated heterocycles. The monoisotopic (exact) mass is 220 g/mol. The molecule has 0 N–H and O–H groups in total. The van der Waals surface area contributed by atoms with E-state index in [2.05, 4.69) is 45.9 Å². The molecule has 0 bridgehead atoms. The van der Waals surface area contributed by atoms with Crippen LogP contribution in [0.1, 0.15) is 51.7 Å². The number of ether oxygens (including phenoxy) is 1. The number of benzene rings is 1. The number of methoxy groups -OCH3 is 1. The normalized spacial score (nSPS) is 11.6. The molecule has 0 amide bonds. The van der Waals surface area contributed by atoms with Gasteiger partial charge in [0.15, 0.2) is 0 Å². The number of hydrogen-bond acceptors (Lipinski definition) is 1. The van der Waals surface area contributed by atoms with E-state index in [9.17, 15) is 0 Å². The average Bonchev–Trinajstić information content (AvgIpc) is 2.24. The van der Waals surface area contributed by atoms with Gasteiger partial charge in [0.2, 0.25) is 0 Å². The molecule has 0 saturated carbocycles. The first-order valence-electron chi connectivity index (χ1n) is 6.16. The highest BCUT2D eigenvalue weighted by molar-refractivity contribution is 5.41. The lowest BCUT2D eigenvalue weighted by Gasteiger charge is -2.23. The Morgan fingerprint density at radius 3 is 2.38 bits per heavy atom. The lowest BCUT2D eigenvalue weighted by Crippen LogP contribution is -2.13. The second kappa shape index (κ2) is 5.38. The van der Waals surface area contributed by atoms with Gasteiger partial charge in [0.25, 0.3) is 0 Å². The summed E-state index contributed by atoms with van der Waals surface area (Å²) in [5.74, 6) is 1.01. The molecule has 0 fully saturated rings. The Morgan fingerprint density at radius 2 is 1.88 bits per heavy atom. The van der Waals surface area contributed by atoms with Crippen LogP contribution in [0.5, 0.6) is 5.75 Å². The Balaban J connectivity index is 3.02. The molecule has 1 heteroatoms. The van der Waals surface area contributed by atoms with E-state index in [0.29, 0.717) is 0 Å². The molecule has 0 heterocycles. The predicted octanol–water partition coefficient (Wildman–Crippen LogP) is 4.34. The summed E-state index contributed by atoms with van der Waals surface area (Å²) in [5, 5.41) is 0. The molecular formula is C15H24O. The second-order valence-electron chi connectivity index (χ2n) is 5.39. The van der Waals surface area contributed by atoms with Gasteiger partial charge in [-0.2, -0.15) is 0 Å². The largest absolute Gasteiger partial charge is 0.496 e. The number of aryl methyl sites for hydroxylation is 1. The first-order chi connectivity index (χ1) is 7.49. The van der Waals surface area contributed by atoms with Crippen LogP contribution in [0.3, 0.4) is 0 Å². The van der Waals surface area contributed by atoms with E-state index in [1.165, 1.54) is 30.4 Å². The SMILES string of the molecule is CCCCc1ccc(OC)c(C(C)(C)C)c1. The Hall–Kier alpha value is -0.980. The fourth-order valence-corrected chi connectivity index (χ4v) is 1.88. The summed E-state index contributed by atoms with van der Waals surface area (Å²) in [5.41, 5.74) is 2.88. The molecule has 1 rings (SSSR count). The lowest BCUT2D eigenvalue weighted by molar-refractivity contribution is 0.397. The van der Waals surface area contributed by atoms with Crippen LogP contribution in [-0.4, -0.2) is 7.11 Å². The molecule has 0 spiro atoms. The van der Waals surface area contributed by atoms with E-state index in [-0.39, 0.29) is 5.41 Å². The second-order valence-corrected chi connectivity index (χ2v) is 5.39. The molecule has 1 aromatic rings. The molecule has 0 atom stereocenters. The van der Waals surface area contributed by atoms with Crippen molar-refractivity contribution in [3.05, 3.63) is 29.3 Å². The van der Waals surface area contributed by atoms with Crippen molar-refractivity contribution in [3.63, 3.8) is 0 Å². The van der Waals surface area contributed by atoms with E-state index >= 15 is 0 Å². The maximum absolute atomic E-state index is 5.43. The minimum absolute atomic E-state index is 0.146. The van der Waals surface area contributed by atoms with Crippen molar-refractivity contribution in [1.29, 1.82) is 0 Å². The van der Waals surface area contributed by atoms with Crippen molar-refractivity contribution in [1.82, 2.24) is 0 Å². The lowest BCUT2D eigenvalue weighted by atomic mass is 9.85. The molecule has 0 aliphatic carbocycles. The summed E-state index contributed by atoms with van der Waals surface area (Å²) in [4.78, 5) is 0. The first kappa shape index (κ1) is 13.1. The van der Waals surface area contributed by atoms with Crippen LogP contribution in [0.15, 0.2) is 18.2 Å². The van der Waals surface area contributed by atoms with Gasteiger partial charge in [0, 0.05) is 0 Å². The molecule has 0 aliphatic rings. The van der Waals surface area contributed by atoms with E-state index in [1.54, 1.807) is 7.11 Å². The number of unbranched alkanes of at least 4 members (excludes halogenated alkanes) is 1. The third-order valence-corrected chi connectivity index (χ3v) is 2.89. The molecule has 16 heavy (non-hydrogen) atoms. The van der Waals surface area contributed by atoms with Gasteiger partial charge in [-0.3, -0.25) is 0 Å². The summed E-state index contributed by atoms with van der Waals surface area (Å²) in [6.45, 7) is 8.92. The maximum Gasteiger partial charge on any atom is 0.122 e. The van der Waals surface area contributed by atoms with Crippen LogP contribution >= 0.6 is 0 Å². The standard InChI is InChI=1S/C15H24O/c1-6-7-8-12-9-10-14(16-5)13(11-12)15(2,3)4/h9-11H,6-8H2,1-5H3. The van der Waals surface area contributed by atoms with Crippen molar-refractivity contribution >= 4 is 0 Å². The van der Waals surface area contributed by atoms with Crippen LogP contribution in [0.25, 0.3) is 0 Å². The van der Waals surface area contributed by atoms with Crippen LogP contribution in [0.2, 0.25) is 0 Å². The van der Waals surface area contributed by atoms with Gasteiger partial charge >= 0.3 is 0 Å². The van der Waals surface area contributed by atoms with Crippen molar-refractivity contribution in [2.24, 2.45) is 0 Å². The topological polar surface area (TPSA) is 9.23 Å². The van der Waals surface area contributed by atoms with Gasteiger partial charge in [0.1, 0.15) is 5.75 Å². The molecule has 90 valence electrons. The number of rotatable bonds is 4. The maximum atomic E-state index is 5.43. The zero-order chi connectivity index (χ0) is 12.2. The zero-order valence-corrected chi connectivity index (χ0v) is 11.3. The van der Waals surface area contributed by atoms with Gasteiger partial charge < -0.3 is 4.74 Å². The molecule has 0 unspecified atom stereocenters. The minimum atomic E-state index is 0.146. The Bertz CT molecular complexity index is 334. The smallest absolute Gasteiger partial charge is 0.122 e. The van der Waals surface area contributed by atoms with Crippen LogP contribution in [0, 0.1) is 0 Å². The summed E-state index contributed by atoms with van der Waals surface area (Å²) in [6, 6.07) is 6.59. The summed E-state index contributed by atoms with van der Waals surface area (Å²) in [6.07, 6.45) is 3.68. The zero-order valence-electron chi connectivity index (χ0n) is 11.3. The van der Waals surface area contributed by atoms with Crippen LogP contribution < -0.4 is 4.74 Å². The van der Waals surface area contributed by atoms with Crippen molar-refractivity contribution in [2.75, 3.05) is 7.11 Å². The van der Waals surface area contributed by atoms with Crippen LogP contribution in [-0.2, 0) is 11.8 Å². The minimum Gasteiger partial charge on any atom is -0.496 e. The third kappa shape index (κ3) is 3.26. The third-order valence-electron chi connectivity index (χ3n) is 2.89.